The first-order valence-electron chi connectivity index (χ1n) is 4.33. The fraction of sp³-hybridized carbons (Fsp3) is 0.875. The van der Waals surface area contributed by atoms with Crippen LogP contribution in [0.2, 0.25) is 0 Å². The molecule has 1 rings (SSSR count). The van der Waals surface area contributed by atoms with Crippen molar-refractivity contribution in [3.05, 3.63) is 0 Å². The van der Waals surface area contributed by atoms with Gasteiger partial charge in [0.05, 0.1) is 0 Å². The number of nitrogens with zero attached hydrogens (tertiary/aromatic N) is 1. The summed E-state index contributed by atoms with van der Waals surface area (Å²) in [7, 11) is 0. The lowest BCUT2D eigenvalue weighted by molar-refractivity contribution is -0.142. The van der Waals surface area contributed by atoms with E-state index in [0.717, 1.165) is 38.1 Å². The average Bonchev–Trinajstić information content (AvgIpc) is 2.48. The fourth-order valence-electron chi connectivity index (χ4n) is 1.65. The number of hydrogen-bond donors (Lipinski definition) is 2. The first kappa shape index (κ1) is 9.86. The molecule has 1 N–H and O–H groups in total. The molecular formula is C8H15NO2S. The summed E-state index contributed by atoms with van der Waals surface area (Å²) in [6.45, 7) is 1.81. The minimum Gasteiger partial charge on any atom is -0.480 e. The predicted molar refractivity (Wildman–Crippen MR) is 50.7 cm³/mol. The molecule has 3 nitrogen and oxygen atoms in total. The van der Waals surface area contributed by atoms with Crippen molar-refractivity contribution in [3.8, 4) is 0 Å². The maximum atomic E-state index is 10.7. The van der Waals surface area contributed by atoms with Crippen LogP contribution in [-0.4, -0.2) is 40.9 Å². The second kappa shape index (κ2) is 4.72. The molecular weight excluding hydrogens is 174 g/mol. The minimum absolute atomic E-state index is 0.232. The van der Waals surface area contributed by atoms with Gasteiger partial charge in [0, 0.05) is 0 Å². The van der Waals surface area contributed by atoms with Crippen molar-refractivity contribution in [1.82, 2.24) is 4.90 Å². The number of rotatable bonds is 4. The van der Waals surface area contributed by atoms with Crippen LogP contribution in [0, 0.1) is 0 Å². The first-order valence-corrected chi connectivity index (χ1v) is 4.96. The lowest BCUT2D eigenvalue weighted by Gasteiger charge is -2.19. The molecule has 70 valence electrons. The number of hydrogen-bond acceptors (Lipinski definition) is 3. The van der Waals surface area contributed by atoms with Gasteiger partial charge in [-0.3, -0.25) is 9.69 Å². The summed E-state index contributed by atoms with van der Waals surface area (Å²) in [5.41, 5.74) is 0. The number of carboxylic acids is 1. The highest BCUT2D eigenvalue weighted by atomic mass is 32.1. The van der Waals surface area contributed by atoms with Gasteiger partial charge in [-0.1, -0.05) is 0 Å². The minimum atomic E-state index is -0.674. The molecule has 12 heavy (non-hydrogen) atoms. The number of aliphatic carboxylic acids is 1. The van der Waals surface area contributed by atoms with Crippen LogP contribution in [0.3, 0.4) is 0 Å². The molecule has 1 saturated heterocycles. The van der Waals surface area contributed by atoms with Crippen LogP contribution in [-0.2, 0) is 4.79 Å². The molecule has 0 bridgehead atoms. The Balaban J connectivity index is 2.35. The van der Waals surface area contributed by atoms with Gasteiger partial charge in [0.25, 0.3) is 0 Å². The van der Waals surface area contributed by atoms with E-state index in [2.05, 4.69) is 12.6 Å². The van der Waals surface area contributed by atoms with Crippen LogP contribution in [0.1, 0.15) is 19.3 Å². The highest BCUT2D eigenvalue weighted by Crippen LogP contribution is 2.17. The number of carbonyl (C=O) groups is 1. The summed E-state index contributed by atoms with van der Waals surface area (Å²) in [5, 5.41) is 8.82. The van der Waals surface area contributed by atoms with E-state index in [9.17, 15) is 4.79 Å². The third-order valence-electron chi connectivity index (χ3n) is 2.25. The van der Waals surface area contributed by atoms with Crippen molar-refractivity contribution >= 4 is 18.6 Å². The molecule has 1 aliphatic heterocycles. The van der Waals surface area contributed by atoms with Crippen molar-refractivity contribution < 1.29 is 9.90 Å². The van der Waals surface area contributed by atoms with Crippen molar-refractivity contribution in [2.45, 2.75) is 25.3 Å². The Morgan fingerprint density at radius 2 is 2.42 bits per heavy atom. The van der Waals surface area contributed by atoms with E-state index in [0.29, 0.717) is 0 Å². The second-order valence-electron chi connectivity index (χ2n) is 3.11. The van der Waals surface area contributed by atoms with Gasteiger partial charge >= 0.3 is 5.97 Å². The summed E-state index contributed by atoms with van der Waals surface area (Å²) in [6.07, 6.45) is 2.80. The van der Waals surface area contributed by atoms with Crippen molar-refractivity contribution in [3.63, 3.8) is 0 Å². The second-order valence-corrected chi connectivity index (χ2v) is 3.56. The van der Waals surface area contributed by atoms with Gasteiger partial charge < -0.3 is 5.11 Å². The smallest absolute Gasteiger partial charge is 0.320 e. The highest BCUT2D eigenvalue weighted by molar-refractivity contribution is 7.80. The third-order valence-corrected chi connectivity index (χ3v) is 2.57. The van der Waals surface area contributed by atoms with Crippen LogP contribution in [0.15, 0.2) is 0 Å². The Morgan fingerprint density at radius 3 is 3.00 bits per heavy atom. The third kappa shape index (κ3) is 2.38. The van der Waals surface area contributed by atoms with Gasteiger partial charge in [-0.25, -0.2) is 0 Å². The molecule has 0 aromatic rings. The summed E-state index contributed by atoms with van der Waals surface area (Å²) >= 11 is 4.10. The Hall–Kier alpha value is -0.220. The lowest BCUT2D eigenvalue weighted by Crippen LogP contribution is -2.36. The number of likely N-dealkylation sites (tertiary alicyclic amines) is 1. The van der Waals surface area contributed by atoms with E-state index >= 15 is 0 Å². The van der Waals surface area contributed by atoms with Crippen LogP contribution >= 0.6 is 12.6 Å². The zero-order valence-electron chi connectivity index (χ0n) is 7.07. The Kier molecular flexibility index (Phi) is 3.88. The zero-order chi connectivity index (χ0) is 8.97. The molecule has 1 heterocycles. The standard InChI is InChI=1S/C8H15NO2S/c10-8(11)7-3-1-4-9(7)5-2-6-12/h7,12H,1-6H2,(H,10,11)/t7-/m0/s1. The molecule has 0 saturated carbocycles. The average molecular weight is 189 g/mol. The number of carboxylic acid groups (broad SMARTS) is 1. The summed E-state index contributed by atoms with van der Waals surface area (Å²) in [5.74, 6) is 0.162. The van der Waals surface area contributed by atoms with Crippen LogP contribution in [0.5, 0.6) is 0 Å². The van der Waals surface area contributed by atoms with E-state index < -0.39 is 5.97 Å². The monoisotopic (exact) mass is 189 g/mol. The first-order chi connectivity index (χ1) is 5.75. The van der Waals surface area contributed by atoms with Crippen molar-refractivity contribution in [1.29, 1.82) is 0 Å². The quantitative estimate of drug-likeness (QED) is 0.644. The van der Waals surface area contributed by atoms with Gasteiger partial charge in [0.1, 0.15) is 6.04 Å². The van der Waals surface area contributed by atoms with E-state index in [-0.39, 0.29) is 6.04 Å². The fourth-order valence-corrected chi connectivity index (χ4v) is 1.79. The molecule has 0 aromatic heterocycles. The Labute approximate surface area is 78.2 Å². The molecule has 0 aromatic carbocycles. The van der Waals surface area contributed by atoms with E-state index in [1.165, 1.54) is 0 Å². The molecule has 1 atom stereocenters. The van der Waals surface area contributed by atoms with E-state index in [1.54, 1.807) is 0 Å². The normalized spacial score (nSPS) is 24.6. The molecule has 0 radical (unpaired) electrons. The van der Waals surface area contributed by atoms with E-state index in [4.69, 9.17) is 5.11 Å². The maximum Gasteiger partial charge on any atom is 0.320 e. The van der Waals surface area contributed by atoms with Gasteiger partial charge in [-0.05, 0) is 38.1 Å². The molecule has 1 fully saturated rings. The SMILES string of the molecule is O=C(O)[C@@H]1CCCN1CCCS. The van der Waals surface area contributed by atoms with Crippen molar-refractivity contribution in [2.24, 2.45) is 0 Å². The maximum absolute atomic E-state index is 10.7. The topological polar surface area (TPSA) is 40.5 Å². The summed E-state index contributed by atoms with van der Waals surface area (Å²) in [6, 6.07) is -0.232. The van der Waals surface area contributed by atoms with Gasteiger partial charge in [0.15, 0.2) is 0 Å². The number of thiol groups is 1. The van der Waals surface area contributed by atoms with Gasteiger partial charge in [-0.2, -0.15) is 12.6 Å². The summed E-state index contributed by atoms with van der Waals surface area (Å²) in [4.78, 5) is 12.8. The molecule has 0 spiro atoms. The molecule has 0 amide bonds. The highest BCUT2D eigenvalue weighted by Gasteiger charge is 2.29. The molecule has 4 heteroatoms. The van der Waals surface area contributed by atoms with Crippen molar-refractivity contribution in [2.75, 3.05) is 18.8 Å². The molecule has 0 aliphatic carbocycles. The van der Waals surface area contributed by atoms with Crippen LogP contribution in [0.4, 0.5) is 0 Å². The van der Waals surface area contributed by atoms with Crippen LogP contribution in [0.25, 0.3) is 0 Å². The lowest BCUT2D eigenvalue weighted by atomic mass is 10.2. The Bertz CT molecular complexity index is 163. The largest absolute Gasteiger partial charge is 0.480 e. The molecule has 0 unspecified atom stereocenters. The van der Waals surface area contributed by atoms with Gasteiger partial charge in [-0.15, -0.1) is 0 Å². The van der Waals surface area contributed by atoms with Gasteiger partial charge in [0.2, 0.25) is 0 Å². The summed E-state index contributed by atoms with van der Waals surface area (Å²) < 4.78 is 0. The zero-order valence-corrected chi connectivity index (χ0v) is 7.96. The van der Waals surface area contributed by atoms with E-state index in [1.807, 2.05) is 4.90 Å². The van der Waals surface area contributed by atoms with Crippen LogP contribution < -0.4 is 0 Å². The predicted octanol–water partition coefficient (Wildman–Crippen LogP) is 0.855. The Morgan fingerprint density at radius 1 is 1.67 bits per heavy atom. The molecule has 1 aliphatic rings.